The minimum Gasteiger partial charge on any atom is -0.356 e. The zero-order valence-corrected chi connectivity index (χ0v) is 15.1. The fraction of sp³-hybridized carbons (Fsp3) is 0.400. The van der Waals surface area contributed by atoms with Crippen molar-refractivity contribution in [3.63, 3.8) is 0 Å². The zero-order chi connectivity index (χ0) is 16.7. The Labute approximate surface area is 145 Å². The highest BCUT2D eigenvalue weighted by atomic mass is 35.5. The maximum Gasteiger partial charge on any atom is 0.191 e. The number of aromatic nitrogens is 3. The monoisotopic (exact) mass is 352 g/mol. The molecule has 124 valence electrons. The Balaban J connectivity index is 1.71. The van der Waals surface area contributed by atoms with E-state index in [0.29, 0.717) is 6.54 Å². The Morgan fingerprint density at radius 2 is 2.00 bits per heavy atom. The van der Waals surface area contributed by atoms with Crippen molar-refractivity contribution in [2.45, 2.75) is 18.4 Å². The van der Waals surface area contributed by atoms with Crippen molar-refractivity contribution in [1.82, 2.24) is 25.4 Å². The van der Waals surface area contributed by atoms with Crippen LogP contribution >= 0.6 is 23.4 Å². The number of halogens is 1. The summed E-state index contributed by atoms with van der Waals surface area (Å²) in [4.78, 5) is 5.41. The smallest absolute Gasteiger partial charge is 0.191 e. The molecule has 2 aromatic rings. The fourth-order valence-corrected chi connectivity index (χ4v) is 2.75. The van der Waals surface area contributed by atoms with Gasteiger partial charge in [-0.1, -0.05) is 11.6 Å². The molecule has 1 aromatic carbocycles. The second kappa shape index (κ2) is 8.79. The Morgan fingerprint density at radius 1 is 1.26 bits per heavy atom. The van der Waals surface area contributed by atoms with Crippen LogP contribution in [0.2, 0.25) is 5.02 Å². The van der Waals surface area contributed by atoms with Crippen LogP contribution in [-0.2, 0) is 13.6 Å². The van der Waals surface area contributed by atoms with E-state index in [1.807, 2.05) is 42.8 Å². The molecule has 0 fully saturated rings. The van der Waals surface area contributed by atoms with E-state index in [2.05, 4.69) is 25.8 Å². The molecule has 0 aliphatic heterocycles. The molecule has 1 aromatic heterocycles. The number of benzene rings is 1. The topological polar surface area (TPSA) is 67.1 Å². The lowest BCUT2D eigenvalue weighted by Crippen LogP contribution is -2.38. The fourth-order valence-electron chi connectivity index (χ4n) is 1.86. The van der Waals surface area contributed by atoms with E-state index in [0.717, 1.165) is 34.9 Å². The van der Waals surface area contributed by atoms with Gasteiger partial charge in [0, 0.05) is 36.3 Å². The zero-order valence-electron chi connectivity index (χ0n) is 13.5. The standard InChI is InChI=1S/C15H21ClN6S/c1-11-20-21-14(22(11)3)10-19-15(17-2)18-8-9-23-13-6-4-12(16)5-7-13/h4-7H,8-10H2,1-3H3,(H2,17,18,19). The van der Waals surface area contributed by atoms with Gasteiger partial charge < -0.3 is 15.2 Å². The molecule has 0 atom stereocenters. The van der Waals surface area contributed by atoms with Crippen molar-refractivity contribution in [2.24, 2.45) is 12.0 Å². The van der Waals surface area contributed by atoms with Gasteiger partial charge in [0.05, 0.1) is 6.54 Å². The van der Waals surface area contributed by atoms with Crippen molar-refractivity contribution >= 4 is 29.3 Å². The molecular weight excluding hydrogens is 332 g/mol. The molecule has 0 spiro atoms. The summed E-state index contributed by atoms with van der Waals surface area (Å²) >= 11 is 7.65. The van der Waals surface area contributed by atoms with Gasteiger partial charge in [-0.05, 0) is 31.2 Å². The number of hydrogen-bond acceptors (Lipinski definition) is 4. The van der Waals surface area contributed by atoms with Gasteiger partial charge >= 0.3 is 0 Å². The maximum atomic E-state index is 5.87. The number of rotatable bonds is 6. The van der Waals surface area contributed by atoms with Crippen LogP contribution in [0.1, 0.15) is 11.6 Å². The average Bonchev–Trinajstić information content (AvgIpc) is 2.88. The molecule has 1 heterocycles. The third-order valence-corrected chi connectivity index (χ3v) is 4.56. The van der Waals surface area contributed by atoms with Gasteiger partial charge in [0.2, 0.25) is 0 Å². The molecule has 0 aliphatic rings. The van der Waals surface area contributed by atoms with Gasteiger partial charge in [0.25, 0.3) is 0 Å². The van der Waals surface area contributed by atoms with Crippen LogP contribution in [0.15, 0.2) is 34.2 Å². The van der Waals surface area contributed by atoms with Gasteiger partial charge in [-0.3, -0.25) is 4.99 Å². The highest BCUT2D eigenvalue weighted by Gasteiger charge is 2.05. The van der Waals surface area contributed by atoms with Crippen LogP contribution < -0.4 is 10.6 Å². The van der Waals surface area contributed by atoms with E-state index < -0.39 is 0 Å². The molecule has 2 N–H and O–H groups in total. The summed E-state index contributed by atoms with van der Waals surface area (Å²) < 4.78 is 1.96. The molecule has 0 saturated carbocycles. The summed E-state index contributed by atoms with van der Waals surface area (Å²) in [6.45, 7) is 3.32. The van der Waals surface area contributed by atoms with Crippen molar-refractivity contribution in [3.05, 3.63) is 40.9 Å². The summed E-state index contributed by atoms with van der Waals surface area (Å²) in [6, 6.07) is 7.86. The van der Waals surface area contributed by atoms with Gasteiger partial charge in [0.1, 0.15) is 5.82 Å². The van der Waals surface area contributed by atoms with Crippen LogP contribution in [0.3, 0.4) is 0 Å². The predicted molar refractivity (Wildman–Crippen MR) is 96.1 cm³/mol. The van der Waals surface area contributed by atoms with E-state index in [4.69, 9.17) is 11.6 Å². The minimum atomic E-state index is 0.585. The SMILES string of the molecule is CN=C(NCCSc1ccc(Cl)cc1)NCc1nnc(C)n1C. The first-order valence-corrected chi connectivity index (χ1v) is 8.64. The summed E-state index contributed by atoms with van der Waals surface area (Å²) in [5, 5.41) is 15.4. The number of nitrogens with one attached hydrogen (secondary N) is 2. The second-order valence-electron chi connectivity index (χ2n) is 4.88. The third kappa shape index (κ3) is 5.44. The largest absolute Gasteiger partial charge is 0.356 e. The summed E-state index contributed by atoms with van der Waals surface area (Å²) in [7, 11) is 3.70. The lowest BCUT2D eigenvalue weighted by molar-refractivity contribution is 0.722. The number of thioether (sulfide) groups is 1. The quantitative estimate of drug-likeness (QED) is 0.361. The Bertz CT molecular complexity index is 652. The molecule has 0 amide bonds. The summed E-state index contributed by atoms with van der Waals surface area (Å²) in [6.07, 6.45) is 0. The Kier molecular flexibility index (Phi) is 6.73. The first-order valence-electron chi connectivity index (χ1n) is 7.28. The number of hydrogen-bond donors (Lipinski definition) is 2. The number of aliphatic imine (C=N–C) groups is 1. The molecule has 0 radical (unpaired) electrons. The highest BCUT2D eigenvalue weighted by molar-refractivity contribution is 7.99. The third-order valence-electron chi connectivity index (χ3n) is 3.30. The van der Waals surface area contributed by atoms with Crippen LogP contribution in [0.4, 0.5) is 0 Å². The minimum absolute atomic E-state index is 0.585. The maximum absolute atomic E-state index is 5.87. The van der Waals surface area contributed by atoms with E-state index in [-0.39, 0.29) is 0 Å². The molecule has 23 heavy (non-hydrogen) atoms. The van der Waals surface area contributed by atoms with Crippen molar-refractivity contribution in [3.8, 4) is 0 Å². The van der Waals surface area contributed by atoms with E-state index in [1.54, 1.807) is 18.8 Å². The lowest BCUT2D eigenvalue weighted by atomic mass is 10.4. The Hall–Kier alpha value is -1.73. The van der Waals surface area contributed by atoms with E-state index >= 15 is 0 Å². The van der Waals surface area contributed by atoms with Crippen molar-refractivity contribution in [2.75, 3.05) is 19.3 Å². The molecule has 8 heteroatoms. The molecule has 0 bridgehead atoms. The van der Waals surface area contributed by atoms with Gasteiger partial charge in [-0.25, -0.2) is 0 Å². The Morgan fingerprint density at radius 3 is 2.61 bits per heavy atom. The molecule has 6 nitrogen and oxygen atoms in total. The van der Waals surface area contributed by atoms with Crippen LogP contribution in [0, 0.1) is 6.92 Å². The van der Waals surface area contributed by atoms with Gasteiger partial charge in [-0.2, -0.15) is 0 Å². The number of nitrogens with zero attached hydrogens (tertiary/aromatic N) is 4. The summed E-state index contributed by atoms with van der Waals surface area (Å²) in [5.41, 5.74) is 0. The molecule has 0 unspecified atom stereocenters. The lowest BCUT2D eigenvalue weighted by Gasteiger charge is -2.11. The normalized spacial score (nSPS) is 11.6. The van der Waals surface area contributed by atoms with Gasteiger partial charge in [0.15, 0.2) is 11.8 Å². The molecular formula is C15H21ClN6S. The summed E-state index contributed by atoms with van der Waals surface area (Å²) in [5.74, 6) is 3.46. The van der Waals surface area contributed by atoms with Crippen molar-refractivity contribution in [1.29, 1.82) is 0 Å². The highest BCUT2D eigenvalue weighted by Crippen LogP contribution is 2.19. The molecule has 0 saturated heterocycles. The van der Waals surface area contributed by atoms with Gasteiger partial charge in [-0.15, -0.1) is 22.0 Å². The van der Waals surface area contributed by atoms with Crippen LogP contribution in [-0.4, -0.2) is 40.1 Å². The van der Waals surface area contributed by atoms with Crippen molar-refractivity contribution < 1.29 is 0 Å². The molecule has 2 rings (SSSR count). The second-order valence-corrected chi connectivity index (χ2v) is 6.48. The number of aryl methyl sites for hydroxylation is 1. The number of guanidine groups is 1. The van der Waals surface area contributed by atoms with Crippen LogP contribution in [0.5, 0.6) is 0 Å². The molecule has 0 aliphatic carbocycles. The predicted octanol–water partition coefficient (Wildman–Crippen LogP) is 2.23. The first-order chi connectivity index (χ1) is 11.1. The first kappa shape index (κ1) is 17.6. The van der Waals surface area contributed by atoms with E-state index in [9.17, 15) is 0 Å². The van der Waals surface area contributed by atoms with E-state index in [1.165, 1.54) is 4.90 Å². The average molecular weight is 353 g/mol. The van der Waals surface area contributed by atoms with Crippen LogP contribution in [0.25, 0.3) is 0 Å².